The molecule has 0 aliphatic heterocycles. The highest BCUT2D eigenvalue weighted by Crippen LogP contribution is 2.34. The number of nitrogen functional groups attached to an aromatic ring is 1. The van der Waals surface area contributed by atoms with E-state index in [1.807, 2.05) is 6.07 Å². The van der Waals surface area contributed by atoms with Crippen LogP contribution < -0.4 is 5.73 Å². The summed E-state index contributed by atoms with van der Waals surface area (Å²) in [5.74, 6) is 0.143. The minimum atomic E-state index is 0.143. The quantitative estimate of drug-likeness (QED) is 0.710. The van der Waals surface area contributed by atoms with Gasteiger partial charge < -0.3 is 10.8 Å². The number of phenolic OH excluding ortho intramolecular Hbond substituents is 1. The second kappa shape index (κ2) is 3.95. The molecule has 2 aromatic rings. The highest BCUT2D eigenvalue weighted by atomic mass is 16.3. The summed E-state index contributed by atoms with van der Waals surface area (Å²) in [6.45, 7) is 0. The first-order chi connectivity index (χ1) is 7.72. The fourth-order valence-corrected chi connectivity index (χ4v) is 1.58. The zero-order valence-corrected chi connectivity index (χ0v) is 8.51. The molecular weight excluding hydrogens is 200 g/mol. The summed E-state index contributed by atoms with van der Waals surface area (Å²) in [7, 11) is 0. The van der Waals surface area contributed by atoms with Crippen LogP contribution in [0.2, 0.25) is 0 Å². The van der Waals surface area contributed by atoms with Crippen LogP contribution in [0.1, 0.15) is 5.56 Å². The van der Waals surface area contributed by atoms with Crippen LogP contribution >= 0.6 is 0 Å². The number of nitrogens with zero attached hydrogens (tertiary/aromatic N) is 1. The number of phenols is 1. The predicted molar refractivity (Wildman–Crippen MR) is 62.7 cm³/mol. The monoisotopic (exact) mass is 210 g/mol. The van der Waals surface area contributed by atoms with Gasteiger partial charge in [-0.25, -0.2) is 0 Å². The van der Waals surface area contributed by atoms with Gasteiger partial charge in [0.05, 0.1) is 11.6 Å². The third kappa shape index (κ3) is 1.69. The topological polar surface area (TPSA) is 70.0 Å². The minimum absolute atomic E-state index is 0.143. The summed E-state index contributed by atoms with van der Waals surface area (Å²) in [6.07, 6.45) is 0. The number of nitriles is 1. The van der Waals surface area contributed by atoms with Gasteiger partial charge in [-0.1, -0.05) is 18.2 Å². The van der Waals surface area contributed by atoms with Crippen molar-refractivity contribution in [2.24, 2.45) is 0 Å². The van der Waals surface area contributed by atoms with Gasteiger partial charge in [0.25, 0.3) is 0 Å². The predicted octanol–water partition coefficient (Wildman–Crippen LogP) is 2.51. The van der Waals surface area contributed by atoms with Crippen molar-refractivity contribution in [3.05, 3.63) is 48.0 Å². The molecule has 0 aliphatic rings. The Hall–Kier alpha value is -2.47. The third-order valence-corrected chi connectivity index (χ3v) is 2.38. The second-order valence-corrected chi connectivity index (χ2v) is 3.43. The Morgan fingerprint density at radius 1 is 1.06 bits per heavy atom. The molecule has 3 nitrogen and oxygen atoms in total. The van der Waals surface area contributed by atoms with Crippen LogP contribution in [0.5, 0.6) is 5.75 Å². The zero-order valence-electron chi connectivity index (χ0n) is 8.51. The van der Waals surface area contributed by atoms with Gasteiger partial charge in [-0.05, 0) is 29.8 Å². The van der Waals surface area contributed by atoms with E-state index < -0.39 is 0 Å². The third-order valence-electron chi connectivity index (χ3n) is 2.38. The van der Waals surface area contributed by atoms with Crippen molar-refractivity contribution in [3.8, 4) is 22.9 Å². The summed E-state index contributed by atoms with van der Waals surface area (Å²) in [4.78, 5) is 0. The Morgan fingerprint density at radius 2 is 1.75 bits per heavy atom. The van der Waals surface area contributed by atoms with E-state index in [0.717, 1.165) is 5.56 Å². The zero-order chi connectivity index (χ0) is 11.5. The van der Waals surface area contributed by atoms with Crippen molar-refractivity contribution in [3.63, 3.8) is 0 Å². The average molecular weight is 210 g/mol. The molecule has 2 rings (SSSR count). The smallest absolute Gasteiger partial charge is 0.125 e. The van der Waals surface area contributed by atoms with Crippen molar-refractivity contribution in [1.82, 2.24) is 0 Å². The fourth-order valence-electron chi connectivity index (χ4n) is 1.58. The van der Waals surface area contributed by atoms with Crippen LogP contribution in [0, 0.1) is 11.3 Å². The van der Waals surface area contributed by atoms with Crippen LogP contribution in [0.4, 0.5) is 5.69 Å². The highest BCUT2D eigenvalue weighted by molar-refractivity contribution is 5.81. The van der Waals surface area contributed by atoms with E-state index in [0.29, 0.717) is 16.8 Å². The van der Waals surface area contributed by atoms with Crippen molar-refractivity contribution in [2.75, 3.05) is 5.73 Å². The lowest BCUT2D eigenvalue weighted by Gasteiger charge is -2.07. The van der Waals surface area contributed by atoms with Gasteiger partial charge >= 0.3 is 0 Å². The van der Waals surface area contributed by atoms with E-state index >= 15 is 0 Å². The number of hydrogen-bond acceptors (Lipinski definition) is 3. The van der Waals surface area contributed by atoms with Gasteiger partial charge in [-0.2, -0.15) is 5.26 Å². The fraction of sp³-hybridized carbons (Fsp3) is 0. The standard InChI is InChI=1S/C13H10N2O/c14-8-9-4-6-10(7-5-9)13-11(15)2-1-3-12(13)16/h1-7,16H,15H2. The van der Waals surface area contributed by atoms with E-state index in [9.17, 15) is 5.11 Å². The first-order valence-corrected chi connectivity index (χ1v) is 4.80. The van der Waals surface area contributed by atoms with E-state index in [1.54, 1.807) is 42.5 Å². The molecule has 0 amide bonds. The van der Waals surface area contributed by atoms with Gasteiger partial charge in [0.1, 0.15) is 5.75 Å². The Labute approximate surface area is 93.4 Å². The lowest BCUT2D eigenvalue weighted by atomic mass is 10.0. The number of aromatic hydroxyl groups is 1. The second-order valence-electron chi connectivity index (χ2n) is 3.43. The average Bonchev–Trinajstić information content (AvgIpc) is 2.30. The van der Waals surface area contributed by atoms with Crippen LogP contribution in [-0.4, -0.2) is 5.11 Å². The molecule has 0 radical (unpaired) electrons. The number of rotatable bonds is 1. The van der Waals surface area contributed by atoms with E-state index in [2.05, 4.69) is 0 Å². The summed E-state index contributed by atoms with van der Waals surface area (Å²) < 4.78 is 0. The summed E-state index contributed by atoms with van der Waals surface area (Å²) in [5.41, 5.74) is 8.30. The maximum Gasteiger partial charge on any atom is 0.125 e. The number of nitrogens with two attached hydrogens (primary N) is 1. The molecule has 0 saturated heterocycles. The Balaban J connectivity index is 2.55. The molecule has 3 heteroatoms. The normalized spacial score (nSPS) is 9.69. The first-order valence-electron chi connectivity index (χ1n) is 4.80. The summed E-state index contributed by atoms with van der Waals surface area (Å²) >= 11 is 0. The van der Waals surface area contributed by atoms with Crippen molar-refractivity contribution in [1.29, 1.82) is 5.26 Å². The minimum Gasteiger partial charge on any atom is -0.507 e. The molecule has 0 spiro atoms. The molecule has 2 aromatic carbocycles. The van der Waals surface area contributed by atoms with E-state index in [4.69, 9.17) is 11.0 Å². The molecule has 0 atom stereocenters. The molecule has 0 unspecified atom stereocenters. The first kappa shape index (κ1) is 10.1. The lowest BCUT2D eigenvalue weighted by Crippen LogP contribution is -1.90. The van der Waals surface area contributed by atoms with Gasteiger partial charge in [0.15, 0.2) is 0 Å². The molecule has 3 N–H and O–H groups in total. The van der Waals surface area contributed by atoms with Crippen molar-refractivity contribution in [2.45, 2.75) is 0 Å². The van der Waals surface area contributed by atoms with Gasteiger partial charge in [0, 0.05) is 11.3 Å². The Morgan fingerprint density at radius 3 is 2.31 bits per heavy atom. The Kier molecular flexibility index (Phi) is 2.49. The maximum absolute atomic E-state index is 9.73. The molecule has 0 aliphatic carbocycles. The lowest BCUT2D eigenvalue weighted by molar-refractivity contribution is 0.477. The number of benzene rings is 2. The molecule has 0 bridgehead atoms. The number of hydrogen-bond donors (Lipinski definition) is 2. The maximum atomic E-state index is 9.73. The molecule has 78 valence electrons. The summed E-state index contributed by atoms with van der Waals surface area (Å²) in [6, 6.07) is 14.0. The van der Waals surface area contributed by atoms with E-state index in [1.165, 1.54) is 0 Å². The molecule has 16 heavy (non-hydrogen) atoms. The van der Waals surface area contributed by atoms with Crippen LogP contribution in [0.25, 0.3) is 11.1 Å². The van der Waals surface area contributed by atoms with E-state index in [-0.39, 0.29) is 5.75 Å². The van der Waals surface area contributed by atoms with Gasteiger partial charge in [-0.3, -0.25) is 0 Å². The number of anilines is 1. The van der Waals surface area contributed by atoms with Crippen LogP contribution in [0.15, 0.2) is 42.5 Å². The summed E-state index contributed by atoms with van der Waals surface area (Å²) in [5, 5.41) is 18.4. The molecule has 0 heterocycles. The Bertz CT molecular complexity index is 533. The largest absolute Gasteiger partial charge is 0.507 e. The van der Waals surface area contributed by atoms with Crippen LogP contribution in [-0.2, 0) is 0 Å². The SMILES string of the molecule is N#Cc1ccc(-c2c(N)cccc2O)cc1. The van der Waals surface area contributed by atoms with Gasteiger partial charge in [-0.15, -0.1) is 0 Å². The van der Waals surface area contributed by atoms with Crippen LogP contribution in [0.3, 0.4) is 0 Å². The van der Waals surface area contributed by atoms with Crippen molar-refractivity contribution >= 4 is 5.69 Å². The molecule has 0 aromatic heterocycles. The van der Waals surface area contributed by atoms with Crippen molar-refractivity contribution < 1.29 is 5.11 Å². The molecule has 0 saturated carbocycles. The molecule has 0 fully saturated rings. The van der Waals surface area contributed by atoms with Gasteiger partial charge in [0.2, 0.25) is 0 Å². The molecular formula is C13H10N2O. The highest BCUT2D eigenvalue weighted by Gasteiger charge is 2.07.